The van der Waals surface area contributed by atoms with Gasteiger partial charge in [-0.2, -0.15) is 5.26 Å². The van der Waals surface area contributed by atoms with Crippen molar-refractivity contribution in [3.63, 3.8) is 0 Å². The Kier molecular flexibility index (Phi) is 4.73. The van der Waals surface area contributed by atoms with Crippen LogP contribution >= 0.6 is 0 Å². The Balaban J connectivity index is 2.48. The maximum Gasteiger partial charge on any atom is 0.239 e. The van der Waals surface area contributed by atoms with Crippen LogP contribution in [0.1, 0.15) is 19.0 Å². The van der Waals surface area contributed by atoms with E-state index in [9.17, 15) is 4.79 Å². The van der Waals surface area contributed by atoms with Gasteiger partial charge in [-0.05, 0) is 6.42 Å². The molecule has 0 saturated heterocycles. The number of hydrogen-bond donors (Lipinski definition) is 2. The van der Waals surface area contributed by atoms with Crippen molar-refractivity contribution in [3.8, 4) is 6.07 Å². The Hall–Kier alpha value is -2.16. The molecular weight excluding hydrogens is 206 g/mol. The van der Waals surface area contributed by atoms with E-state index in [1.165, 1.54) is 12.4 Å². The highest BCUT2D eigenvalue weighted by Crippen LogP contribution is 2.04. The summed E-state index contributed by atoms with van der Waals surface area (Å²) in [5.74, 6) is 0.202. The molecular formula is C10H13N5O. The van der Waals surface area contributed by atoms with Crippen LogP contribution in [0.15, 0.2) is 12.4 Å². The highest BCUT2D eigenvalue weighted by molar-refractivity contribution is 5.80. The first-order valence-corrected chi connectivity index (χ1v) is 4.99. The van der Waals surface area contributed by atoms with Crippen LogP contribution in [0.25, 0.3) is 0 Å². The lowest BCUT2D eigenvalue weighted by Gasteiger charge is -2.06. The third kappa shape index (κ3) is 3.53. The van der Waals surface area contributed by atoms with Gasteiger partial charge in [0.2, 0.25) is 5.91 Å². The van der Waals surface area contributed by atoms with Crippen LogP contribution in [0.4, 0.5) is 5.82 Å². The SMILES string of the molecule is CCCNC(=O)CNc1nccnc1C#N. The smallest absolute Gasteiger partial charge is 0.239 e. The summed E-state index contributed by atoms with van der Waals surface area (Å²) in [6.07, 6.45) is 3.79. The van der Waals surface area contributed by atoms with Gasteiger partial charge in [-0.25, -0.2) is 9.97 Å². The van der Waals surface area contributed by atoms with Crippen LogP contribution in [-0.2, 0) is 4.79 Å². The first-order valence-electron chi connectivity index (χ1n) is 4.99. The number of nitriles is 1. The summed E-state index contributed by atoms with van der Waals surface area (Å²) in [7, 11) is 0. The van der Waals surface area contributed by atoms with E-state index in [0.29, 0.717) is 12.4 Å². The quantitative estimate of drug-likeness (QED) is 0.742. The Bertz CT molecular complexity index is 398. The molecule has 0 radical (unpaired) electrons. The molecule has 0 aliphatic rings. The van der Waals surface area contributed by atoms with Gasteiger partial charge in [0.15, 0.2) is 11.5 Å². The molecule has 0 spiro atoms. The molecule has 1 heterocycles. The first-order chi connectivity index (χ1) is 7.77. The van der Waals surface area contributed by atoms with E-state index in [0.717, 1.165) is 6.42 Å². The minimum absolute atomic E-state index is 0.0906. The van der Waals surface area contributed by atoms with Crippen molar-refractivity contribution in [2.75, 3.05) is 18.4 Å². The van der Waals surface area contributed by atoms with Crippen LogP contribution in [0.2, 0.25) is 0 Å². The predicted molar refractivity (Wildman–Crippen MR) is 58.5 cm³/mol. The van der Waals surface area contributed by atoms with Gasteiger partial charge in [-0.1, -0.05) is 6.92 Å². The lowest BCUT2D eigenvalue weighted by atomic mass is 10.4. The number of rotatable bonds is 5. The molecule has 1 rings (SSSR count). The second kappa shape index (κ2) is 6.35. The Labute approximate surface area is 93.7 Å². The van der Waals surface area contributed by atoms with Crippen LogP contribution < -0.4 is 10.6 Å². The van der Waals surface area contributed by atoms with Crippen LogP contribution in [-0.4, -0.2) is 29.0 Å². The van der Waals surface area contributed by atoms with Gasteiger partial charge in [-0.3, -0.25) is 4.79 Å². The Morgan fingerprint density at radius 3 is 2.94 bits per heavy atom. The molecule has 0 fully saturated rings. The van der Waals surface area contributed by atoms with E-state index in [2.05, 4.69) is 20.6 Å². The monoisotopic (exact) mass is 219 g/mol. The van der Waals surface area contributed by atoms with Crippen molar-refractivity contribution in [1.29, 1.82) is 5.26 Å². The van der Waals surface area contributed by atoms with Crippen LogP contribution in [0.5, 0.6) is 0 Å². The topological polar surface area (TPSA) is 90.7 Å². The summed E-state index contributed by atoms with van der Waals surface area (Å²) in [6, 6.07) is 1.89. The van der Waals surface area contributed by atoms with Crippen molar-refractivity contribution in [3.05, 3.63) is 18.1 Å². The molecule has 6 nitrogen and oxygen atoms in total. The van der Waals surface area contributed by atoms with Gasteiger partial charge in [0, 0.05) is 18.9 Å². The number of nitrogens with one attached hydrogen (secondary N) is 2. The van der Waals surface area contributed by atoms with Crippen molar-refractivity contribution < 1.29 is 4.79 Å². The van der Waals surface area contributed by atoms with E-state index in [1.54, 1.807) is 0 Å². The standard InChI is InChI=1S/C10H13N5O/c1-2-3-13-9(16)7-15-10-8(6-11)12-4-5-14-10/h4-5H,2-3,7H2,1H3,(H,13,16)(H,14,15). The maximum atomic E-state index is 11.3. The number of hydrogen-bond acceptors (Lipinski definition) is 5. The zero-order valence-electron chi connectivity index (χ0n) is 9.03. The minimum Gasteiger partial charge on any atom is -0.359 e. The summed E-state index contributed by atoms with van der Waals surface area (Å²) >= 11 is 0. The Morgan fingerprint density at radius 1 is 1.50 bits per heavy atom. The number of aromatic nitrogens is 2. The van der Waals surface area contributed by atoms with E-state index >= 15 is 0 Å². The van der Waals surface area contributed by atoms with Crippen LogP contribution in [0.3, 0.4) is 0 Å². The first kappa shape index (κ1) is 11.9. The highest BCUT2D eigenvalue weighted by Gasteiger charge is 2.05. The van der Waals surface area contributed by atoms with Gasteiger partial charge in [0.1, 0.15) is 6.07 Å². The third-order valence-corrected chi connectivity index (χ3v) is 1.79. The van der Waals surface area contributed by atoms with Crippen molar-refractivity contribution in [2.45, 2.75) is 13.3 Å². The molecule has 16 heavy (non-hydrogen) atoms. The fourth-order valence-electron chi connectivity index (χ4n) is 1.04. The molecule has 1 aromatic heterocycles. The molecule has 2 N–H and O–H groups in total. The number of amides is 1. The van der Waals surface area contributed by atoms with Crippen molar-refractivity contribution >= 4 is 11.7 Å². The van der Waals surface area contributed by atoms with E-state index < -0.39 is 0 Å². The fourth-order valence-corrected chi connectivity index (χ4v) is 1.04. The van der Waals surface area contributed by atoms with Crippen molar-refractivity contribution in [1.82, 2.24) is 15.3 Å². The number of carbonyl (C=O) groups is 1. The fraction of sp³-hybridized carbons (Fsp3) is 0.400. The highest BCUT2D eigenvalue weighted by atomic mass is 16.1. The van der Waals surface area contributed by atoms with E-state index in [1.807, 2.05) is 13.0 Å². The summed E-state index contributed by atoms with van der Waals surface area (Å²) in [4.78, 5) is 19.0. The molecule has 0 aromatic carbocycles. The molecule has 0 bridgehead atoms. The van der Waals surface area contributed by atoms with Gasteiger partial charge in [0.05, 0.1) is 6.54 Å². The van der Waals surface area contributed by atoms with Gasteiger partial charge < -0.3 is 10.6 Å². The second-order valence-electron chi connectivity index (χ2n) is 3.07. The molecule has 0 saturated carbocycles. The number of carbonyl (C=O) groups excluding carboxylic acids is 1. The normalized spacial score (nSPS) is 9.25. The molecule has 1 aromatic rings. The summed E-state index contributed by atoms with van der Waals surface area (Å²) in [5.41, 5.74) is 0.186. The third-order valence-electron chi connectivity index (χ3n) is 1.79. The lowest BCUT2D eigenvalue weighted by Crippen LogP contribution is -2.30. The van der Waals surface area contributed by atoms with Crippen molar-refractivity contribution in [2.24, 2.45) is 0 Å². The molecule has 1 amide bonds. The largest absolute Gasteiger partial charge is 0.359 e. The lowest BCUT2D eigenvalue weighted by molar-refractivity contribution is -0.119. The second-order valence-corrected chi connectivity index (χ2v) is 3.07. The van der Waals surface area contributed by atoms with E-state index in [-0.39, 0.29) is 18.1 Å². The van der Waals surface area contributed by atoms with Gasteiger partial charge in [0.25, 0.3) is 0 Å². The molecule has 0 aliphatic heterocycles. The average Bonchev–Trinajstić information content (AvgIpc) is 2.34. The number of nitrogens with zero attached hydrogens (tertiary/aromatic N) is 3. The molecule has 0 unspecified atom stereocenters. The molecule has 6 heteroatoms. The van der Waals surface area contributed by atoms with Gasteiger partial charge in [-0.15, -0.1) is 0 Å². The average molecular weight is 219 g/mol. The zero-order chi connectivity index (χ0) is 11.8. The van der Waals surface area contributed by atoms with Crippen LogP contribution in [0, 0.1) is 11.3 Å². The summed E-state index contributed by atoms with van der Waals surface area (Å²) in [5, 5.41) is 14.2. The molecule has 0 atom stereocenters. The van der Waals surface area contributed by atoms with Gasteiger partial charge >= 0.3 is 0 Å². The maximum absolute atomic E-state index is 11.3. The molecule has 0 aliphatic carbocycles. The number of anilines is 1. The minimum atomic E-state index is -0.128. The molecule has 84 valence electrons. The predicted octanol–water partition coefficient (Wildman–Crippen LogP) is 0.286. The summed E-state index contributed by atoms with van der Waals surface area (Å²) in [6.45, 7) is 2.71. The van der Waals surface area contributed by atoms with E-state index in [4.69, 9.17) is 5.26 Å². The Morgan fingerprint density at radius 2 is 2.25 bits per heavy atom. The zero-order valence-corrected chi connectivity index (χ0v) is 9.03. The summed E-state index contributed by atoms with van der Waals surface area (Å²) < 4.78 is 0.